The Morgan fingerprint density at radius 3 is 2.29 bits per heavy atom. The van der Waals surface area contributed by atoms with Gasteiger partial charge in [-0.15, -0.1) is 0 Å². The van der Waals surface area contributed by atoms with Crippen molar-refractivity contribution in [1.82, 2.24) is 5.32 Å². The average molecular weight is 299 g/mol. The molecule has 0 saturated carbocycles. The molecule has 2 aliphatic heterocycles. The number of nitrogens with one attached hydrogen (secondary N) is 1. The lowest BCUT2D eigenvalue weighted by Gasteiger charge is -2.32. The SMILES string of the molecule is CC1(C)OB(CCCCC2CCCN2)OC1(C)C.O=CO. The molecule has 2 saturated heterocycles. The fourth-order valence-electron chi connectivity index (χ4n) is 2.79. The minimum absolute atomic E-state index is 0.00784. The molecule has 0 aromatic carbocycles. The maximum atomic E-state index is 8.36. The molecule has 6 heteroatoms. The second-order valence-corrected chi connectivity index (χ2v) is 6.87. The van der Waals surface area contributed by atoms with Crippen LogP contribution in [0, 0.1) is 0 Å². The number of hydrogen-bond donors (Lipinski definition) is 2. The van der Waals surface area contributed by atoms with E-state index < -0.39 is 0 Å². The smallest absolute Gasteiger partial charge is 0.457 e. The van der Waals surface area contributed by atoms with Crippen LogP contribution in [0.5, 0.6) is 0 Å². The normalized spacial score (nSPS) is 26.3. The van der Waals surface area contributed by atoms with Gasteiger partial charge in [0.15, 0.2) is 0 Å². The van der Waals surface area contributed by atoms with E-state index in [0.717, 1.165) is 12.4 Å². The minimum Gasteiger partial charge on any atom is -0.483 e. The lowest BCUT2D eigenvalue weighted by molar-refractivity contribution is -0.122. The zero-order valence-corrected chi connectivity index (χ0v) is 13.9. The van der Waals surface area contributed by atoms with Crippen molar-refractivity contribution in [2.24, 2.45) is 0 Å². The van der Waals surface area contributed by atoms with E-state index in [-0.39, 0.29) is 24.8 Å². The number of carbonyl (C=O) groups is 1. The number of carboxylic acid groups (broad SMARTS) is 1. The highest BCUT2D eigenvalue weighted by atomic mass is 16.7. The molecule has 0 bridgehead atoms. The van der Waals surface area contributed by atoms with Crippen LogP contribution in [0.4, 0.5) is 0 Å². The molecule has 2 aliphatic rings. The molecule has 122 valence electrons. The lowest BCUT2D eigenvalue weighted by Crippen LogP contribution is -2.41. The average Bonchev–Trinajstić information content (AvgIpc) is 2.93. The van der Waals surface area contributed by atoms with Crippen LogP contribution in [0.15, 0.2) is 0 Å². The van der Waals surface area contributed by atoms with Crippen LogP contribution in [0.25, 0.3) is 0 Å². The first-order valence-corrected chi connectivity index (χ1v) is 7.99. The van der Waals surface area contributed by atoms with Crippen LogP contribution in [0.1, 0.15) is 59.8 Å². The molecule has 0 aromatic heterocycles. The van der Waals surface area contributed by atoms with Crippen molar-refractivity contribution < 1.29 is 19.2 Å². The van der Waals surface area contributed by atoms with E-state index in [1.807, 2.05) is 0 Å². The summed E-state index contributed by atoms with van der Waals surface area (Å²) in [6.07, 6.45) is 7.52. The number of rotatable bonds is 5. The molecule has 2 fully saturated rings. The van der Waals surface area contributed by atoms with E-state index in [9.17, 15) is 0 Å². The first kappa shape index (κ1) is 18.5. The van der Waals surface area contributed by atoms with Gasteiger partial charge in [-0.1, -0.05) is 12.8 Å². The van der Waals surface area contributed by atoms with E-state index in [1.165, 1.54) is 38.6 Å². The van der Waals surface area contributed by atoms with Gasteiger partial charge in [-0.2, -0.15) is 0 Å². The Morgan fingerprint density at radius 1 is 1.24 bits per heavy atom. The van der Waals surface area contributed by atoms with Crippen LogP contribution in [-0.2, 0) is 14.1 Å². The maximum absolute atomic E-state index is 8.36. The van der Waals surface area contributed by atoms with Crippen LogP contribution >= 0.6 is 0 Å². The Labute approximate surface area is 128 Å². The van der Waals surface area contributed by atoms with Gasteiger partial charge in [-0.3, -0.25) is 4.79 Å². The third-order valence-electron chi connectivity index (χ3n) is 4.71. The fraction of sp³-hybridized carbons (Fsp3) is 0.933. The van der Waals surface area contributed by atoms with Gasteiger partial charge in [0.1, 0.15) is 0 Å². The molecule has 2 N–H and O–H groups in total. The van der Waals surface area contributed by atoms with Crippen molar-refractivity contribution in [3.8, 4) is 0 Å². The summed E-state index contributed by atoms with van der Waals surface area (Å²) in [4.78, 5) is 8.36. The van der Waals surface area contributed by atoms with Gasteiger partial charge in [0.25, 0.3) is 6.47 Å². The van der Waals surface area contributed by atoms with Crippen molar-refractivity contribution in [2.75, 3.05) is 6.54 Å². The Kier molecular flexibility index (Phi) is 7.17. The molecule has 0 amide bonds. The summed E-state index contributed by atoms with van der Waals surface area (Å²) < 4.78 is 12.0. The maximum Gasteiger partial charge on any atom is 0.457 e. The fourth-order valence-corrected chi connectivity index (χ4v) is 2.79. The number of hydrogen-bond acceptors (Lipinski definition) is 4. The van der Waals surface area contributed by atoms with Crippen molar-refractivity contribution in [3.05, 3.63) is 0 Å². The molecule has 5 nitrogen and oxygen atoms in total. The molecule has 0 radical (unpaired) electrons. The number of unbranched alkanes of at least 4 members (excludes halogenated alkanes) is 1. The highest BCUT2D eigenvalue weighted by molar-refractivity contribution is 6.45. The van der Waals surface area contributed by atoms with Crippen molar-refractivity contribution in [3.63, 3.8) is 0 Å². The van der Waals surface area contributed by atoms with Crippen molar-refractivity contribution in [2.45, 2.75) is 83.4 Å². The summed E-state index contributed by atoms with van der Waals surface area (Å²) in [7, 11) is -0.00784. The summed E-state index contributed by atoms with van der Waals surface area (Å²) in [5.74, 6) is 0. The molecule has 1 unspecified atom stereocenters. The predicted octanol–water partition coefficient (Wildman–Crippen LogP) is 2.70. The summed E-state index contributed by atoms with van der Waals surface area (Å²) >= 11 is 0. The quantitative estimate of drug-likeness (QED) is 0.464. The predicted molar refractivity (Wildman–Crippen MR) is 84.5 cm³/mol. The van der Waals surface area contributed by atoms with Crippen LogP contribution < -0.4 is 5.32 Å². The molecule has 2 rings (SSSR count). The van der Waals surface area contributed by atoms with Gasteiger partial charge in [0, 0.05) is 6.04 Å². The van der Waals surface area contributed by atoms with Gasteiger partial charge in [0.2, 0.25) is 0 Å². The summed E-state index contributed by atoms with van der Waals surface area (Å²) in [5, 5.41) is 10.4. The van der Waals surface area contributed by atoms with Crippen molar-refractivity contribution >= 4 is 13.6 Å². The highest BCUT2D eigenvalue weighted by Crippen LogP contribution is 2.38. The van der Waals surface area contributed by atoms with Crippen LogP contribution in [0.2, 0.25) is 6.32 Å². The molecular formula is C15H30BNO4. The molecule has 2 heterocycles. The Morgan fingerprint density at radius 2 is 1.81 bits per heavy atom. The summed E-state index contributed by atoms with van der Waals surface area (Å²) in [6.45, 7) is 9.44. The molecule has 0 spiro atoms. The van der Waals surface area contributed by atoms with Gasteiger partial charge in [0.05, 0.1) is 11.2 Å². The van der Waals surface area contributed by atoms with Gasteiger partial charge < -0.3 is 19.7 Å². The molecule has 1 atom stereocenters. The topological polar surface area (TPSA) is 67.8 Å². The second-order valence-electron chi connectivity index (χ2n) is 6.87. The Balaban J connectivity index is 0.000000677. The van der Waals surface area contributed by atoms with Gasteiger partial charge >= 0.3 is 7.12 Å². The van der Waals surface area contributed by atoms with E-state index in [1.54, 1.807) is 0 Å². The molecule has 21 heavy (non-hydrogen) atoms. The van der Waals surface area contributed by atoms with E-state index in [4.69, 9.17) is 19.2 Å². The van der Waals surface area contributed by atoms with Gasteiger partial charge in [-0.25, -0.2) is 0 Å². The monoisotopic (exact) mass is 299 g/mol. The highest BCUT2D eigenvalue weighted by Gasteiger charge is 2.50. The van der Waals surface area contributed by atoms with E-state index in [0.29, 0.717) is 0 Å². The van der Waals surface area contributed by atoms with E-state index >= 15 is 0 Å². The molecular weight excluding hydrogens is 269 g/mol. The lowest BCUT2D eigenvalue weighted by atomic mass is 9.82. The van der Waals surface area contributed by atoms with Crippen LogP contribution in [-0.4, -0.2) is 42.5 Å². The third-order valence-corrected chi connectivity index (χ3v) is 4.71. The second kappa shape index (κ2) is 8.15. The van der Waals surface area contributed by atoms with Crippen molar-refractivity contribution in [1.29, 1.82) is 0 Å². The molecule has 0 aliphatic carbocycles. The first-order valence-electron chi connectivity index (χ1n) is 7.99. The summed E-state index contributed by atoms with van der Waals surface area (Å²) in [5.41, 5.74) is -0.352. The molecule has 0 aromatic rings. The zero-order chi connectivity index (χ0) is 15.9. The zero-order valence-electron chi connectivity index (χ0n) is 13.9. The standard InChI is InChI=1S/C14H28BNO2.CH2O2/c1-13(2)14(3,4)18-15(17-13)10-6-5-8-12-9-7-11-16-12;2-1-3/h12,16H,5-11H2,1-4H3;1H,(H,2,3). The summed E-state index contributed by atoms with van der Waals surface area (Å²) in [6, 6.07) is 0.767. The van der Waals surface area contributed by atoms with Gasteiger partial charge in [-0.05, 0) is 59.8 Å². The first-order chi connectivity index (χ1) is 9.82. The minimum atomic E-state index is -0.250. The van der Waals surface area contributed by atoms with E-state index in [2.05, 4.69) is 33.0 Å². The van der Waals surface area contributed by atoms with Crippen LogP contribution in [0.3, 0.4) is 0 Å². The third kappa shape index (κ3) is 5.60. The largest absolute Gasteiger partial charge is 0.483 e. The Bertz CT molecular complexity index is 301. The Hall–Kier alpha value is -0.585.